The van der Waals surface area contributed by atoms with Crippen LogP contribution >= 0.6 is 11.3 Å². The number of halogens is 3. The molecule has 1 saturated heterocycles. The van der Waals surface area contributed by atoms with Gasteiger partial charge in [-0.15, -0.1) is 11.3 Å². The van der Waals surface area contributed by atoms with Crippen molar-refractivity contribution in [2.45, 2.75) is 31.9 Å². The molecule has 1 aliphatic heterocycles. The van der Waals surface area contributed by atoms with E-state index in [1.54, 1.807) is 7.05 Å². The Hall–Kier alpha value is -2.17. The van der Waals surface area contributed by atoms with Gasteiger partial charge in [-0.2, -0.15) is 13.2 Å². The summed E-state index contributed by atoms with van der Waals surface area (Å²) >= 11 is 0.960. The average Bonchev–Trinajstić information content (AvgIpc) is 3.05. The Morgan fingerprint density at radius 2 is 1.92 bits per heavy atom. The predicted molar refractivity (Wildman–Crippen MR) is 90.8 cm³/mol. The number of carbonyl (C=O) groups excluding carboxylic acids is 2. The van der Waals surface area contributed by atoms with Crippen molar-refractivity contribution in [3.63, 3.8) is 0 Å². The van der Waals surface area contributed by atoms with Gasteiger partial charge in [-0.05, 0) is 6.42 Å². The van der Waals surface area contributed by atoms with Gasteiger partial charge in [-0.3, -0.25) is 19.5 Å². The first-order valence-corrected chi connectivity index (χ1v) is 8.98. The highest BCUT2D eigenvalue weighted by Gasteiger charge is 2.33. The van der Waals surface area contributed by atoms with Gasteiger partial charge < -0.3 is 10.6 Å². The molecule has 11 heteroatoms. The minimum atomic E-state index is -4.43. The molecule has 0 aliphatic carbocycles. The molecule has 2 N–H and O–H groups in total. The van der Waals surface area contributed by atoms with Gasteiger partial charge in [0.1, 0.15) is 0 Å². The topological polar surface area (TPSA) is 86.7 Å². The van der Waals surface area contributed by atoms with Gasteiger partial charge in [0, 0.05) is 51.3 Å². The Balaban J connectivity index is 1.72. The molecule has 2 amide bonds. The second-order valence-electron chi connectivity index (χ2n) is 5.59. The first-order chi connectivity index (χ1) is 12.3. The molecule has 0 radical (unpaired) electrons. The van der Waals surface area contributed by atoms with Crippen molar-refractivity contribution in [2.75, 3.05) is 26.7 Å². The smallest absolute Gasteiger partial charge is 0.356 e. The van der Waals surface area contributed by atoms with Crippen LogP contribution < -0.4 is 10.6 Å². The maximum Gasteiger partial charge on any atom is 0.434 e. The van der Waals surface area contributed by atoms with Crippen molar-refractivity contribution in [3.05, 3.63) is 16.1 Å². The lowest BCUT2D eigenvalue weighted by molar-refractivity contribution is -0.147. The molecule has 1 aromatic rings. The van der Waals surface area contributed by atoms with E-state index in [1.165, 1.54) is 4.90 Å². The first kappa shape index (κ1) is 20.1. The van der Waals surface area contributed by atoms with Crippen molar-refractivity contribution in [1.29, 1.82) is 0 Å². The summed E-state index contributed by atoms with van der Waals surface area (Å²) in [6, 6.07) is 0. The molecule has 144 valence electrons. The largest absolute Gasteiger partial charge is 0.434 e. The molecular formula is C15H20F3N5O2S. The minimum Gasteiger partial charge on any atom is -0.356 e. The van der Waals surface area contributed by atoms with E-state index in [2.05, 4.69) is 20.6 Å². The molecule has 7 nitrogen and oxygen atoms in total. The number of likely N-dealkylation sites (tertiary alicyclic amines) is 1. The van der Waals surface area contributed by atoms with Crippen molar-refractivity contribution in [1.82, 2.24) is 20.5 Å². The molecule has 0 spiro atoms. The van der Waals surface area contributed by atoms with Crippen LogP contribution in [0.2, 0.25) is 0 Å². The normalized spacial score (nSPS) is 16.2. The van der Waals surface area contributed by atoms with Crippen LogP contribution in [-0.2, 0) is 22.2 Å². The summed E-state index contributed by atoms with van der Waals surface area (Å²) in [5.74, 6) is 0.0972. The monoisotopic (exact) mass is 391 g/mol. The minimum absolute atomic E-state index is 0.171. The van der Waals surface area contributed by atoms with Gasteiger partial charge in [-0.25, -0.2) is 4.98 Å². The lowest BCUT2D eigenvalue weighted by atomic mass is 10.1. The summed E-state index contributed by atoms with van der Waals surface area (Å²) in [7, 11) is 1.55. The molecule has 2 heterocycles. The Morgan fingerprint density at radius 1 is 1.27 bits per heavy atom. The number of carbonyl (C=O) groups is 2. The second kappa shape index (κ2) is 8.97. The molecule has 0 atom stereocenters. The second-order valence-corrected chi connectivity index (χ2v) is 6.54. The third-order valence-electron chi connectivity index (χ3n) is 3.71. The van der Waals surface area contributed by atoms with Crippen molar-refractivity contribution < 1.29 is 22.8 Å². The van der Waals surface area contributed by atoms with E-state index >= 15 is 0 Å². The lowest BCUT2D eigenvalue weighted by Crippen LogP contribution is -2.46. The molecule has 2 rings (SSSR count). The van der Waals surface area contributed by atoms with Gasteiger partial charge in [0.15, 0.2) is 11.7 Å². The number of nitrogens with one attached hydrogen (secondary N) is 2. The number of hydrogen-bond acceptors (Lipinski definition) is 5. The van der Waals surface area contributed by atoms with Crippen LogP contribution in [0.3, 0.4) is 0 Å². The average molecular weight is 391 g/mol. The van der Waals surface area contributed by atoms with Crippen LogP contribution in [0, 0.1) is 0 Å². The van der Waals surface area contributed by atoms with Crippen LogP contribution in [0.5, 0.6) is 0 Å². The fraction of sp³-hybridized carbons (Fsp3) is 0.600. The van der Waals surface area contributed by atoms with E-state index < -0.39 is 11.9 Å². The molecule has 26 heavy (non-hydrogen) atoms. The maximum absolute atomic E-state index is 12.5. The summed E-state index contributed by atoms with van der Waals surface area (Å²) in [6.07, 6.45) is -2.75. The Labute approximate surface area is 152 Å². The number of nitrogens with zero attached hydrogens (tertiary/aromatic N) is 3. The molecule has 0 aromatic carbocycles. The summed E-state index contributed by atoms with van der Waals surface area (Å²) in [6.45, 7) is 0.943. The number of aliphatic imine (C=N–C) groups is 1. The highest BCUT2D eigenvalue weighted by Crippen LogP contribution is 2.29. The number of aromatic nitrogens is 1. The quantitative estimate of drug-likeness (QED) is 0.435. The molecule has 0 bridgehead atoms. The Bertz CT molecular complexity index is 658. The number of thiazole rings is 1. The number of rotatable bonds is 6. The van der Waals surface area contributed by atoms with Crippen molar-refractivity contribution >= 4 is 29.1 Å². The Morgan fingerprint density at radius 3 is 2.50 bits per heavy atom. The number of imide groups is 1. The van der Waals surface area contributed by atoms with E-state index in [-0.39, 0.29) is 18.4 Å². The zero-order valence-electron chi connectivity index (χ0n) is 14.2. The molecule has 0 unspecified atom stereocenters. The fourth-order valence-corrected chi connectivity index (χ4v) is 3.20. The first-order valence-electron chi connectivity index (χ1n) is 8.10. The van der Waals surface area contributed by atoms with Crippen LogP contribution in [-0.4, -0.2) is 54.3 Å². The van der Waals surface area contributed by atoms with Gasteiger partial charge in [0.05, 0.1) is 5.01 Å². The number of alkyl halides is 3. The summed E-state index contributed by atoms with van der Waals surface area (Å²) in [4.78, 5) is 32.2. The van der Waals surface area contributed by atoms with E-state index in [0.29, 0.717) is 49.7 Å². The van der Waals surface area contributed by atoms with E-state index in [9.17, 15) is 22.8 Å². The van der Waals surface area contributed by atoms with E-state index in [1.807, 2.05) is 0 Å². The van der Waals surface area contributed by atoms with Gasteiger partial charge in [0.2, 0.25) is 11.8 Å². The van der Waals surface area contributed by atoms with Gasteiger partial charge >= 0.3 is 6.18 Å². The number of hydrogen-bond donors (Lipinski definition) is 2. The van der Waals surface area contributed by atoms with Gasteiger partial charge in [0.25, 0.3) is 0 Å². The predicted octanol–water partition coefficient (Wildman–Crippen LogP) is 1.41. The molecular weight excluding hydrogens is 371 g/mol. The van der Waals surface area contributed by atoms with Crippen molar-refractivity contribution in [2.24, 2.45) is 4.99 Å². The highest BCUT2D eigenvalue weighted by atomic mass is 32.1. The van der Waals surface area contributed by atoms with Crippen molar-refractivity contribution in [3.8, 4) is 0 Å². The van der Waals surface area contributed by atoms with Crippen LogP contribution in [0.25, 0.3) is 0 Å². The van der Waals surface area contributed by atoms with Crippen LogP contribution in [0.4, 0.5) is 13.2 Å². The maximum atomic E-state index is 12.5. The molecule has 1 aliphatic rings. The highest BCUT2D eigenvalue weighted by molar-refractivity contribution is 7.09. The third kappa shape index (κ3) is 5.68. The van der Waals surface area contributed by atoms with E-state index in [0.717, 1.165) is 16.7 Å². The molecule has 1 fully saturated rings. The molecule has 0 saturated carbocycles. The summed E-state index contributed by atoms with van der Waals surface area (Å²) in [5, 5.41) is 7.31. The van der Waals surface area contributed by atoms with Crippen LogP contribution in [0.15, 0.2) is 10.4 Å². The lowest BCUT2D eigenvalue weighted by Gasteiger charge is -2.25. The zero-order valence-corrected chi connectivity index (χ0v) is 15.0. The number of guanidine groups is 1. The SMILES string of the molecule is CN=C(NCCc1nc(C(F)(F)F)cs1)NCCN1C(=O)CCCC1=O. The zero-order chi connectivity index (χ0) is 19.2. The Kier molecular flexibility index (Phi) is 6.95. The standard InChI is InChI=1S/C15H20F3N5O2S/c1-19-14(21-7-8-23-12(24)3-2-4-13(23)25)20-6-5-11-22-10(9-26-11)15(16,17)18/h9H,2-8H2,1H3,(H2,19,20,21). The number of piperidine rings is 1. The number of amides is 2. The van der Waals surface area contributed by atoms with Crippen LogP contribution in [0.1, 0.15) is 30.0 Å². The van der Waals surface area contributed by atoms with E-state index in [4.69, 9.17) is 0 Å². The fourth-order valence-electron chi connectivity index (χ4n) is 2.40. The van der Waals surface area contributed by atoms with Gasteiger partial charge in [-0.1, -0.05) is 0 Å². The molecule has 1 aromatic heterocycles. The summed E-state index contributed by atoms with van der Waals surface area (Å²) in [5.41, 5.74) is -0.879. The summed E-state index contributed by atoms with van der Waals surface area (Å²) < 4.78 is 37.5. The third-order valence-corrected chi connectivity index (χ3v) is 4.62.